The molecule has 1 N–H and O–H groups in total. The first-order chi connectivity index (χ1) is 19.0. The fourth-order valence-electron chi connectivity index (χ4n) is 4.65. The molecule has 0 saturated heterocycles. The summed E-state index contributed by atoms with van der Waals surface area (Å²) in [5.41, 5.74) is 4.83. The minimum atomic E-state index is -0.858. The number of alkyl halides is 1. The Hall–Kier alpha value is -4.79. The predicted octanol–water partition coefficient (Wildman–Crippen LogP) is 5.26. The lowest BCUT2D eigenvalue weighted by molar-refractivity contribution is 0.388. The lowest BCUT2D eigenvalue weighted by atomic mass is 9.96. The van der Waals surface area contributed by atoms with Crippen LogP contribution in [0.15, 0.2) is 86.9 Å². The summed E-state index contributed by atoms with van der Waals surface area (Å²) < 4.78 is 25.3. The van der Waals surface area contributed by atoms with Crippen molar-refractivity contribution in [1.29, 1.82) is 0 Å². The molecule has 0 radical (unpaired) electrons. The predicted molar refractivity (Wildman–Crippen MR) is 146 cm³/mol. The molecule has 39 heavy (non-hydrogen) atoms. The van der Waals surface area contributed by atoms with Gasteiger partial charge in [0.1, 0.15) is 18.2 Å². The molecule has 5 aromatic rings. The first kappa shape index (κ1) is 25.8. The Kier molecular flexibility index (Phi) is 7.49. The van der Waals surface area contributed by atoms with E-state index < -0.39 is 12.4 Å². The number of aromatic amines is 1. The van der Waals surface area contributed by atoms with Gasteiger partial charge in [0, 0.05) is 17.5 Å². The van der Waals surface area contributed by atoms with Crippen molar-refractivity contribution in [3.8, 4) is 34.0 Å². The fourth-order valence-corrected chi connectivity index (χ4v) is 4.65. The van der Waals surface area contributed by atoms with Gasteiger partial charge in [0.25, 0.3) is 5.56 Å². The van der Waals surface area contributed by atoms with Crippen molar-refractivity contribution in [2.75, 3.05) is 7.11 Å². The van der Waals surface area contributed by atoms with Crippen LogP contribution in [0.3, 0.4) is 0 Å². The molecule has 0 bridgehead atoms. The maximum Gasteiger partial charge on any atom is 0.439 e. The van der Waals surface area contributed by atoms with Gasteiger partial charge in [-0.15, -0.1) is 0 Å². The van der Waals surface area contributed by atoms with Crippen molar-refractivity contribution >= 4 is 0 Å². The van der Waals surface area contributed by atoms with E-state index in [1.54, 1.807) is 31.4 Å². The van der Waals surface area contributed by atoms with E-state index >= 15 is 0 Å². The molecule has 0 atom stereocenters. The molecule has 0 amide bonds. The van der Waals surface area contributed by atoms with Crippen LogP contribution in [0.1, 0.15) is 36.0 Å². The standard InChI is InChI=1S/C30H27FN4O4/c1-3-6-26-25(29(36)35(27(18-31)32-26)21-13-15-22(38-2)16-14-21)17-19-9-11-20(12-10-19)23-7-4-5-8-24(23)28-33-30(37)39-34-28/h4-5,7-16H,3,6,17-18H2,1-2H3,(H,33,34,37). The van der Waals surface area contributed by atoms with Gasteiger partial charge in [-0.1, -0.05) is 67.0 Å². The zero-order valence-electron chi connectivity index (χ0n) is 21.6. The highest BCUT2D eigenvalue weighted by Gasteiger charge is 2.18. The Labute approximate surface area is 223 Å². The molecular formula is C30H27FN4O4. The largest absolute Gasteiger partial charge is 0.497 e. The molecule has 2 aromatic heterocycles. The van der Waals surface area contributed by atoms with E-state index in [2.05, 4.69) is 19.6 Å². The number of aryl methyl sites for hydroxylation is 1. The summed E-state index contributed by atoms with van der Waals surface area (Å²) in [6, 6.07) is 22.3. The van der Waals surface area contributed by atoms with Gasteiger partial charge in [0.2, 0.25) is 0 Å². The van der Waals surface area contributed by atoms with Gasteiger partial charge in [-0.25, -0.2) is 14.2 Å². The third-order valence-corrected chi connectivity index (χ3v) is 6.54. The molecule has 0 saturated carbocycles. The topological polar surface area (TPSA) is 103 Å². The van der Waals surface area contributed by atoms with Gasteiger partial charge < -0.3 is 4.74 Å². The van der Waals surface area contributed by atoms with E-state index in [0.717, 1.165) is 28.7 Å². The third kappa shape index (κ3) is 5.29. The maximum atomic E-state index is 14.1. The highest BCUT2D eigenvalue weighted by molar-refractivity contribution is 5.80. The van der Waals surface area contributed by atoms with Gasteiger partial charge in [0.05, 0.1) is 18.5 Å². The van der Waals surface area contributed by atoms with Gasteiger partial charge in [-0.3, -0.25) is 18.9 Å². The van der Waals surface area contributed by atoms with Crippen molar-refractivity contribution in [3.05, 3.63) is 116 Å². The zero-order chi connectivity index (χ0) is 27.4. The SMILES string of the molecule is CCCc1nc(CF)n(-c2ccc(OC)cc2)c(=O)c1Cc1ccc(-c2ccccc2-c2noc(=O)[nH]2)cc1. The van der Waals surface area contributed by atoms with Crippen LogP contribution < -0.4 is 16.1 Å². The van der Waals surface area contributed by atoms with Crippen LogP contribution in [0.25, 0.3) is 28.2 Å². The number of ether oxygens (including phenoxy) is 1. The van der Waals surface area contributed by atoms with Crippen LogP contribution in [0, 0.1) is 0 Å². The molecule has 198 valence electrons. The van der Waals surface area contributed by atoms with Crippen LogP contribution >= 0.6 is 0 Å². The summed E-state index contributed by atoms with van der Waals surface area (Å²) in [7, 11) is 1.56. The number of nitrogens with zero attached hydrogens (tertiary/aromatic N) is 3. The van der Waals surface area contributed by atoms with E-state index in [4.69, 9.17) is 4.74 Å². The molecule has 5 rings (SSSR count). The van der Waals surface area contributed by atoms with E-state index in [0.29, 0.717) is 41.4 Å². The Bertz CT molecular complexity index is 1700. The van der Waals surface area contributed by atoms with Gasteiger partial charge in [-0.05, 0) is 47.4 Å². The number of hydrogen-bond donors (Lipinski definition) is 1. The molecule has 0 spiro atoms. The molecule has 0 fully saturated rings. The Morgan fingerprint density at radius 3 is 2.31 bits per heavy atom. The second-order valence-corrected chi connectivity index (χ2v) is 9.04. The molecule has 0 unspecified atom stereocenters. The quantitative estimate of drug-likeness (QED) is 0.281. The molecule has 0 aliphatic rings. The molecule has 3 aromatic carbocycles. The number of nitrogens with one attached hydrogen (secondary N) is 1. The second kappa shape index (κ2) is 11.3. The van der Waals surface area contributed by atoms with Gasteiger partial charge >= 0.3 is 5.76 Å². The molecule has 0 aliphatic carbocycles. The maximum absolute atomic E-state index is 14.1. The second-order valence-electron chi connectivity index (χ2n) is 9.04. The Morgan fingerprint density at radius 2 is 1.69 bits per heavy atom. The van der Waals surface area contributed by atoms with E-state index in [9.17, 15) is 14.0 Å². The Balaban J connectivity index is 1.52. The van der Waals surface area contributed by atoms with Crippen LogP contribution in [0.2, 0.25) is 0 Å². The summed E-state index contributed by atoms with van der Waals surface area (Å²) >= 11 is 0. The van der Waals surface area contributed by atoms with E-state index in [1.165, 1.54) is 4.57 Å². The summed E-state index contributed by atoms with van der Waals surface area (Å²) in [5, 5.41) is 3.82. The van der Waals surface area contributed by atoms with Crippen molar-refractivity contribution in [3.63, 3.8) is 0 Å². The van der Waals surface area contributed by atoms with Crippen LogP contribution in [-0.2, 0) is 19.5 Å². The summed E-state index contributed by atoms with van der Waals surface area (Å²) in [6.45, 7) is 1.15. The van der Waals surface area contributed by atoms with Crippen LogP contribution in [0.5, 0.6) is 5.75 Å². The summed E-state index contributed by atoms with van der Waals surface area (Å²) in [5.74, 6) is 0.448. The molecule has 9 heteroatoms. The molecule has 2 heterocycles. The first-order valence-corrected chi connectivity index (χ1v) is 12.6. The number of rotatable bonds is 9. The lowest BCUT2D eigenvalue weighted by Gasteiger charge is -2.16. The van der Waals surface area contributed by atoms with Crippen molar-refractivity contribution in [1.82, 2.24) is 19.7 Å². The number of aromatic nitrogens is 4. The minimum Gasteiger partial charge on any atom is -0.497 e. The number of hydrogen-bond acceptors (Lipinski definition) is 6. The molecular weight excluding hydrogens is 499 g/mol. The van der Waals surface area contributed by atoms with Gasteiger partial charge in [0.15, 0.2) is 5.82 Å². The summed E-state index contributed by atoms with van der Waals surface area (Å²) in [6.07, 6.45) is 1.70. The van der Waals surface area contributed by atoms with Crippen molar-refractivity contribution < 1.29 is 13.7 Å². The van der Waals surface area contributed by atoms with Crippen molar-refractivity contribution in [2.24, 2.45) is 0 Å². The first-order valence-electron chi connectivity index (χ1n) is 12.6. The summed E-state index contributed by atoms with van der Waals surface area (Å²) in [4.78, 5) is 32.4. The normalized spacial score (nSPS) is 11.1. The zero-order valence-corrected chi connectivity index (χ0v) is 21.6. The fraction of sp³-hybridized carbons (Fsp3) is 0.200. The molecule has 8 nitrogen and oxygen atoms in total. The number of benzene rings is 3. The average molecular weight is 527 g/mol. The minimum absolute atomic E-state index is 0.0789. The smallest absolute Gasteiger partial charge is 0.439 e. The van der Waals surface area contributed by atoms with Crippen LogP contribution in [-0.4, -0.2) is 26.8 Å². The third-order valence-electron chi connectivity index (χ3n) is 6.54. The van der Waals surface area contributed by atoms with Gasteiger partial charge in [-0.2, -0.15) is 0 Å². The number of H-pyrrole nitrogens is 1. The van der Waals surface area contributed by atoms with E-state index in [1.807, 2.05) is 55.5 Å². The lowest BCUT2D eigenvalue weighted by Crippen LogP contribution is -2.29. The monoisotopic (exact) mass is 526 g/mol. The highest BCUT2D eigenvalue weighted by atomic mass is 19.1. The van der Waals surface area contributed by atoms with Crippen LogP contribution in [0.4, 0.5) is 4.39 Å². The van der Waals surface area contributed by atoms with E-state index in [-0.39, 0.29) is 11.4 Å². The molecule has 0 aliphatic heterocycles. The van der Waals surface area contributed by atoms with Crippen molar-refractivity contribution in [2.45, 2.75) is 32.9 Å². The number of halogens is 1. The number of methoxy groups -OCH3 is 1. The Morgan fingerprint density at radius 1 is 0.974 bits per heavy atom. The highest BCUT2D eigenvalue weighted by Crippen LogP contribution is 2.30. The average Bonchev–Trinajstić information content (AvgIpc) is 3.41.